The van der Waals surface area contributed by atoms with Crippen molar-refractivity contribution in [3.63, 3.8) is 0 Å². The van der Waals surface area contributed by atoms with Crippen LogP contribution in [-0.2, 0) is 6.54 Å². The number of benzene rings is 1. The predicted molar refractivity (Wildman–Crippen MR) is 73.8 cm³/mol. The van der Waals surface area contributed by atoms with E-state index >= 15 is 0 Å². The molecule has 5 nitrogen and oxygen atoms in total. The highest BCUT2D eigenvalue weighted by atomic mass is 16.4. The Morgan fingerprint density at radius 2 is 2.22 bits per heavy atom. The summed E-state index contributed by atoms with van der Waals surface area (Å²) in [6.07, 6.45) is 0. The van der Waals surface area contributed by atoms with Gasteiger partial charge in [0.15, 0.2) is 5.84 Å². The fourth-order valence-corrected chi connectivity index (χ4v) is 1.51. The first-order chi connectivity index (χ1) is 8.54. The Labute approximate surface area is 108 Å². The number of nitrogens with zero attached hydrogens (tertiary/aromatic N) is 2. The third kappa shape index (κ3) is 4.35. The molecule has 1 atom stereocenters. The van der Waals surface area contributed by atoms with E-state index in [4.69, 9.17) is 10.9 Å². The van der Waals surface area contributed by atoms with Gasteiger partial charge in [-0.25, -0.2) is 0 Å². The van der Waals surface area contributed by atoms with Crippen molar-refractivity contribution in [1.29, 1.82) is 0 Å². The summed E-state index contributed by atoms with van der Waals surface area (Å²) in [5.41, 5.74) is 7.40. The standard InChI is InChI=1S/C13H22N4O/c1-10(17(2)3)8-15-9-11-5-4-6-12(7-11)13(14)16-18/h4-7,10,15,18H,8-9H2,1-3H3,(H2,14,16). The highest BCUT2D eigenvalue weighted by Crippen LogP contribution is 2.05. The number of amidine groups is 1. The lowest BCUT2D eigenvalue weighted by molar-refractivity contribution is 0.302. The SMILES string of the molecule is CC(CNCc1cccc(/C(N)=N/O)c1)N(C)C. The molecule has 0 saturated heterocycles. The highest BCUT2D eigenvalue weighted by molar-refractivity contribution is 5.97. The molecule has 18 heavy (non-hydrogen) atoms. The zero-order valence-electron chi connectivity index (χ0n) is 11.2. The summed E-state index contributed by atoms with van der Waals surface area (Å²) in [5.74, 6) is 0.138. The van der Waals surface area contributed by atoms with Gasteiger partial charge in [-0.15, -0.1) is 0 Å². The van der Waals surface area contributed by atoms with Crippen molar-refractivity contribution < 1.29 is 5.21 Å². The van der Waals surface area contributed by atoms with Gasteiger partial charge in [-0.05, 0) is 32.6 Å². The van der Waals surface area contributed by atoms with Gasteiger partial charge in [-0.2, -0.15) is 0 Å². The van der Waals surface area contributed by atoms with Crippen LogP contribution in [0.5, 0.6) is 0 Å². The van der Waals surface area contributed by atoms with Crippen LogP contribution in [0.1, 0.15) is 18.1 Å². The first-order valence-electron chi connectivity index (χ1n) is 5.98. The molecule has 1 aromatic rings. The molecule has 1 aromatic carbocycles. The molecule has 0 spiro atoms. The quantitative estimate of drug-likeness (QED) is 0.302. The summed E-state index contributed by atoms with van der Waals surface area (Å²) in [7, 11) is 4.12. The molecule has 5 heteroatoms. The molecule has 0 amide bonds. The Bertz CT molecular complexity index is 404. The zero-order chi connectivity index (χ0) is 13.5. The van der Waals surface area contributed by atoms with Crippen molar-refractivity contribution in [3.8, 4) is 0 Å². The average Bonchev–Trinajstić information content (AvgIpc) is 2.37. The van der Waals surface area contributed by atoms with Gasteiger partial charge in [0.25, 0.3) is 0 Å². The number of likely N-dealkylation sites (N-methyl/N-ethyl adjacent to an activating group) is 1. The minimum Gasteiger partial charge on any atom is -0.409 e. The van der Waals surface area contributed by atoms with E-state index in [0.717, 1.165) is 24.2 Å². The molecular weight excluding hydrogens is 228 g/mol. The number of rotatable bonds is 6. The van der Waals surface area contributed by atoms with Crippen LogP contribution in [0.3, 0.4) is 0 Å². The average molecular weight is 250 g/mol. The molecule has 0 heterocycles. The van der Waals surface area contributed by atoms with Crippen LogP contribution in [0, 0.1) is 0 Å². The van der Waals surface area contributed by atoms with Crippen molar-refractivity contribution in [1.82, 2.24) is 10.2 Å². The molecule has 1 rings (SSSR count). The first-order valence-corrected chi connectivity index (χ1v) is 5.98. The smallest absolute Gasteiger partial charge is 0.170 e. The van der Waals surface area contributed by atoms with Crippen molar-refractivity contribution in [3.05, 3.63) is 35.4 Å². The summed E-state index contributed by atoms with van der Waals surface area (Å²) in [6.45, 7) is 3.85. The minimum atomic E-state index is 0.138. The summed E-state index contributed by atoms with van der Waals surface area (Å²) in [6, 6.07) is 8.14. The van der Waals surface area contributed by atoms with Gasteiger partial charge in [0.2, 0.25) is 0 Å². The van der Waals surface area contributed by atoms with Crippen molar-refractivity contribution in [2.75, 3.05) is 20.6 Å². The molecule has 1 unspecified atom stereocenters. The van der Waals surface area contributed by atoms with E-state index in [2.05, 4.69) is 36.4 Å². The molecule has 4 N–H and O–H groups in total. The number of oxime groups is 1. The van der Waals surface area contributed by atoms with Crippen molar-refractivity contribution in [2.45, 2.75) is 19.5 Å². The fourth-order valence-electron chi connectivity index (χ4n) is 1.51. The monoisotopic (exact) mass is 250 g/mol. The lowest BCUT2D eigenvalue weighted by Crippen LogP contribution is -2.35. The van der Waals surface area contributed by atoms with Gasteiger partial charge >= 0.3 is 0 Å². The van der Waals surface area contributed by atoms with Gasteiger partial charge in [0.05, 0.1) is 0 Å². The molecule has 0 aliphatic carbocycles. The maximum absolute atomic E-state index is 8.63. The predicted octanol–water partition coefficient (Wildman–Crippen LogP) is 0.821. The Morgan fingerprint density at radius 3 is 2.83 bits per heavy atom. The second-order valence-electron chi connectivity index (χ2n) is 4.63. The molecule has 0 aliphatic rings. The summed E-state index contributed by atoms with van der Waals surface area (Å²) < 4.78 is 0. The molecule has 100 valence electrons. The van der Waals surface area contributed by atoms with Crippen LogP contribution >= 0.6 is 0 Å². The van der Waals surface area contributed by atoms with E-state index in [1.165, 1.54) is 0 Å². The zero-order valence-corrected chi connectivity index (χ0v) is 11.2. The van der Waals surface area contributed by atoms with E-state index in [1.807, 2.05) is 24.3 Å². The van der Waals surface area contributed by atoms with E-state index in [1.54, 1.807) is 0 Å². The lowest BCUT2D eigenvalue weighted by Gasteiger charge is -2.20. The third-order valence-electron chi connectivity index (χ3n) is 2.98. The van der Waals surface area contributed by atoms with Crippen LogP contribution in [0.25, 0.3) is 0 Å². The molecule has 0 radical (unpaired) electrons. The van der Waals surface area contributed by atoms with Crippen molar-refractivity contribution in [2.24, 2.45) is 10.9 Å². The molecule has 0 aliphatic heterocycles. The van der Waals surface area contributed by atoms with Crippen LogP contribution in [-0.4, -0.2) is 42.6 Å². The summed E-state index contributed by atoms with van der Waals surface area (Å²) in [5, 5.41) is 15.0. The van der Waals surface area contributed by atoms with Gasteiger partial charge < -0.3 is 21.2 Å². The van der Waals surface area contributed by atoms with E-state index < -0.39 is 0 Å². The number of hydrogen-bond acceptors (Lipinski definition) is 4. The maximum Gasteiger partial charge on any atom is 0.170 e. The molecule has 0 aromatic heterocycles. The van der Waals surface area contributed by atoms with E-state index in [0.29, 0.717) is 6.04 Å². The van der Waals surface area contributed by atoms with Crippen LogP contribution in [0.15, 0.2) is 29.4 Å². The van der Waals surface area contributed by atoms with Gasteiger partial charge in [-0.3, -0.25) is 0 Å². The highest BCUT2D eigenvalue weighted by Gasteiger charge is 2.04. The lowest BCUT2D eigenvalue weighted by atomic mass is 10.1. The summed E-state index contributed by atoms with van der Waals surface area (Å²) in [4.78, 5) is 2.17. The Morgan fingerprint density at radius 1 is 1.50 bits per heavy atom. The van der Waals surface area contributed by atoms with Gasteiger partial charge in [0.1, 0.15) is 0 Å². The van der Waals surface area contributed by atoms with Crippen LogP contribution in [0.4, 0.5) is 0 Å². The third-order valence-corrected chi connectivity index (χ3v) is 2.98. The number of nitrogens with one attached hydrogen (secondary N) is 1. The van der Waals surface area contributed by atoms with Gasteiger partial charge in [-0.1, -0.05) is 23.4 Å². The topological polar surface area (TPSA) is 73.9 Å². The number of nitrogens with two attached hydrogens (primary N) is 1. The second-order valence-corrected chi connectivity index (χ2v) is 4.63. The second kappa shape index (κ2) is 6.98. The Balaban J connectivity index is 2.53. The van der Waals surface area contributed by atoms with E-state index in [9.17, 15) is 0 Å². The van der Waals surface area contributed by atoms with Crippen LogP contribution < -0.4 is 11.1 Å². The molecular formula is C13H22N4O. The van der Waals surface area contributed by atoms with E-state index in [-0.39, 0.29) is 5.84 Å². The Hall–Kier alpha value is -1.59. The molecule has 0 bridgehead atoms. The summed E-state index contributed by atoms with van der Waals surface area (Å²) >= 11 is 0. The number of hydrogen-bond donors (Lipinski definition) is 3. The minimum absolute atomic E-state index is 0.138. The maximum atomic E-state index is 8.63. The molecule has 0 saturated carbocycles. The van der Waals surface area contributed by atoms with Gasteiger partial charge in [0, 0.05) is 24.7 Å². The first kappa shape index (κ1) is 14.5. The fraction of sp³-hybridized carbons (Fsp3) is 0.462. The normalized spacial score (nSPS) is 13.9. The van der Waals surface area contributed by atoms with Crippen molar-refractivity contribution >= 4 is 5.84 Å². The van der Waals surface area contributed by atoms with Crippen LogP contribution in [0.2, 0.25) is 0 Å². The Kier molecular flexibility index (Phi) is 5.61. The molecule has 0 fully saturated rings. The largest absolute Gasteiger partial charge is 0.409 e.